The van der Waals surface area contributed by atoms with Crippen molar-refractivity contribution in [1.82, 2.24) is 10.2 Å². The third kappa shape index (κ3) is 4.85. The summed E-state index contributed by atoms with van der Waals surface area (Å²) in [5.74, 6) is 0.401. The van der Waals surface area contributed by atoms with Gasteiger partial charge in [0.05, 0.1) is 6.04 Å². The molecule has 2 rings (SSSR count). The van der Waals surface area contributed by atoms with E-state index < -0.39 is 0 Å². The van der Waals surface area contributed by atoms with E-state index in [1.165, 1.54) is 0 Å². The summed E-state index contributed by atoms with van der Waals surface area (Å²) in [6.07, 6.45) is 4.72. The zero-order valence-electron chi connectivity index (χ0n) is 14.0. The van der Waals surface area contributed by atoms with Crippen molar-refractivity contribution < 1.29 is 9.90 Å². The van der Waals surface area contributed by atoms with Crippen molar-refractivity contribution in [2.75, 3.05) is 13.7 Å². The summed E-state index contributed by atoms with van der Waals surface area (Å²) in [5.41, 5.74) is 1.03. The standard InChI is InChI=1S/C18H27ClN2O2/c1-3-17(14-5-4-6-15(19)11-14)20-18(23)21(2)16-9-7-13(12-22)8-10-16/h4-6,11,13,16-17,22H,3,7-10,12H2,1-2H3,(H,20,23). The van der Waals surface area contributed by atoms with Crippen LogP contribution in [-0.2, 0) is 0 Å². The number of aliphatic hydroxyl groups is 1. The number of halogens is 1. The normalized spacial score (nSPS) is 22.4. The van der Waals surface area contributed by atoms with Crippen molar-refractivity contribution in [3.8, 4) is 0 Å². The second kappa shape index (κ2) is 8.55. The molecule has 5 heteroatoms. The average molecular weight is 339 g/mol. The van der Waals surface area contributed by atoms with E-state index in [0.717, 1.165) is 37.7 Å². The Bertz CT molecular complexity index is 515. The number of aliphatic hydroxyl groups excluding tert-OH is 1. The van der Waals surface area contributed by atoms with Gasteiger partial charge in [0.25, 0.3) is 0 Å². The highest BCUT2D eigenvalue weighted by atomic mass is 35.5. The molecule has 1 aromatic rings. The molecule has 2 amide bonds. The predicted molar refractivity (Wildman–Crippen MR) is 93.6 cm³/mol. The third-order valence-corrected chi connectivity index (χ3v) is 5.13. The first-order valence-electron chi connectivity index (χ1n) is 8.44. The lowest BCUT2D eigenvalue weighted by Gasteiger charge is -2.35. The van der Waals surface area contributed by atoms with Gasteiger partial charge < -0.3 is 15.3 Å². The number of rotatable bonds is 5. The molecule has 0 radical (unpaired) electrons. The molecule has 0 spiro atoms. The molecular weight excluding hydrogens is 312 g/mol. The maximum atomic E-state index is 12.6. The lowest BCUT2D eigenvalue weighted by atomic mass is 9.86. The topological polar surface area (TPSA) is 52.6 Å². The Balaban J connectivity index is 1.94. The van der Waals surface area contributed by atoms with Gasteiger partial charge in [-0.3, -0.25) is 0 Å². The van der Waals surface area contributed by atoms with Crippen LogP contribution >= 0.6 is 11.6 Å². The maximum absolute atomic E-state index is 12.6. The molecule has 4 nitrogen and oxygen atoms in total. The van der Waals surface area contributed by atoms with Gasteiger partial charge in [-0.25, -0.2) is 4.79 Å². The van der Waals surface area contributed by atoms with E-state index in [1.54, 1.807) is 0 Å². The third-order valence-electron chi connectivity index (χ3n) is 4.90. The number of carbonyl (C=O) groups excluding carboxylic acids is 1. The molecule has 1 aliphatic rings. The molecule has 0 bridgehead atoms. The van der Waals surface area contributed by atoms with Crippen molar-refractivity contribution in [1.29, 1.82) is 0 Å². The van der Waals surface area contributed by atoms with Crippen LogP contribution in [0.2, 0.25) is 5.02 Å². The smallest absolute Gasteiger partial charge is 0.317 e. The summed E-state index contributed by atoms with van der Waals surface area (Å²) < 4.78 is 0. The number of nitrogens with one attached hydrogen (secondary N) is 1. The zero-order valence-corrected chi connectivity index (χ0v) is 14.7. The van der Waals surface area contributed by atoms with E-state index >= 15 is 0 Å². The molecule has 0 aliphatic heterocycles. The Morgan fingerprint density at radius 2 is 2.09 bits per heavy atom. The molecule has 1 aromatic carbocycles. The molecule has 23 heavy (non-hydrogen) atoms. The lowest BCUT2D eigenvalue weighted by molar-refractivity contribution is 0.132. The van der Waals surface area contributed by atoms with Crippen LogP contribution in [0.3, 0.4) is 0 Å². The van der Waals surface area contributed by atoms with Gasteiger partial charge in [-0.1, -0.05) is 30.7 Å². The van der Waals surface area contributed by atoms with Crippen LogP contribution in [0.15, 0.2) is 24.3 Å². The molecule has 1 unspecified atom stereocenters. The SMILES string of the molecule is CCC(NC(=O)N(C)C1CCC(CO)CC1)c1cccc(Cl)c1. The van der Waals surface area contributed by atoms with Gasteiger partial charge in [0, 0.05) is 24.7 Å². The van der Waals surface area contributed by atoms with Crippen LogP contribution in [0.1, 0.15) is 50.6 Å². The van der Waals surface area contributed by atoms with Crippen molar-refractivity contribution in [2.45, 2.75) is 51.1 Å². The van der Waals surface area contributed by atoms with E-state index in [4.69, 9.17) is 11.6 Å². The number of hydrogen-bond donors (Lipinski definition) is 2. The fourth-order valence-electron chi connectivity index (χ4n) is 3.28. The molecule has 0 saturated heterocycles. The van der Waals surface area contributed by atoms with Crippen molar-refractivity contribution in [3.63, 3.8) is 0 Å². The van der Waals surface area contributed by atoms with Crippen molar-refractivity contribution >= 4 is 17.6 Å². The van der Waals surface area contributed by atoms with Crippen molar-refractivity contribution in [2.24, 2.45) is 5.92 Å². The summed E-state index contributed by atoms with van der Waals surface area (Å²) >= 11 is 6.05. The fourth-order valence-corrected chi connectivity index (χ4v) is 3.47. The number of urea groups is 1. The van der Waals surface area contributed by atoms with Crippen LogP contribution in [0.25, 0.3) is 0 Å². The molecule has 128 valence electrons. The van der Waals surface area contributed by atoms with Gasteiger partial charge >= 0.3 is 6.03 Å². The van der Waals surface area contributed by atoms with Gasteiger partial charge in [0.2, 0.25) is 0 Å². The Hall–Kier alpha value is -1.26. The molecule has 1 saturated carbocycles. The quantitative estimate of drug-likeness (QED) is 0.853. The highest BCUT2D eigenvalue weighted by Crippen LogP contribution is 2.27. The van der Waals surface area contributed by atoms with Gasteiger partial charge in [0.15, 0.2) is 0 Å². The first-order chi connectivity index (χ1) is 11.0. The largest absolute Gasteiger partial charge is 0.396 e. The molecular formula is C18H27ClN2O2. The number of carbonyl (C=O) groups is 1. The van der Waals surface area contributed by atoms with E-state index in [0.29, 0.717) is 10.9 Å². The summed E-state index contributed by atoms with van der Waals surface area (Å²) in [6, 6.07) is 7.84. The number of nitrogens with zero attached hydrogens (tertiary/aromatic N) is 1. The Labute approximate surface area is 143 Å². The van der Waals surface area contributed by atoms with Crippen LogP contribution in [-0.4, -0.2) is 35.7 Å². The van der Waals surface area contributed by atoms with Gasteiger partial charge in [-0.05, 0) is 55.7 Å². The summed E-state index contributed by atoms with van der Waals surface area (Å²) in [5, 5.41) is 13.0. The molecule has 2 N–H and O–H groups in total. The van der Waals surface area contributed by atoms with E-state index in [2.05, 4.69) is 12.2 Å². The minimum atomic E-state index is -0.0377. The summed E-state index contributed by atoms with van der Waals surface area (Å²) in [6.45, 7) is 2.31. The van der Waals surface area contributed by atoms with E-state index in [-0.39, 0.29) is 24.7 Å². The van der Waals surface area contributed by atoms with Gasteiger partial charge in [0.1, 0.15) is 0 Å². The lowest BCUT2D eigenvalue weighted by Crippen LogP contribution is -2.46. The van der Waals surface area contributed by atoms with Crippen LogP contribution in [0.5, 0.6) is 0 Å². The molecule has 1 aliphatic carbocycles. The number of benzene rings is 1. The summed E-state index contributed by atoms with van der Waals surface area (Å²) in [4.78, 5) is 14.4. The van der Waals surface area contributed by atoms with Crippen LogP contribution in [0.4, 0.5) is 4.79 Å². The Morgan fingerprint density at radius 3 is 2.65 bits per heavy atom. The number of amides is 2. The predicted octanol–water partition coefficient (Wildman–Crippen LogP) is 3.98. The Kier molecular flexibility index (Phi) is 6.72. The minimum Gasteiger partial charge on any atom is -0.396 e. The average Bonchev–Trinajstić information content (AvgIpc) is 2.58. The first kappa shape index (κ1) is 18.1. The highest BCUT2D eigenvalue weighted by molar-refractivity contribution is 6.30. The fraction of sp³-hybridized carbons (Fsp3) is 0.611. The second-order valence-electron chi connectivity index (χ2n) is 6.43. The molecule has 0 aromatic heterocycles. The molecule has 0 heterocycles. The number of hydrogen-bond acceptors (Lipinski definition) is 2. The minimum absolute atomic E-state index is 0.0302. The second-order valence-corrected chi connectivity index (χ2v) is 6.87. The van der Waals surface area contributed by atoms with E-state index in [1.807, 2.05) is 36.2 Å². The molecule has 1 atom stereocenters. The van der Waals surface area contributed by atoms with Gasteiger partial charge in [-0.15, -0.1) is 0 Å². The molecule has 1 fully saturated rings. The first-order valence-corrected chi connectivity index (χ1v) is 8.82. The van der Waals surface area contributed by atoms with Crippen molar-refractivity contribution in [3.05, 3.63) is 34.9 Å². The summed E-state index contributed by atoms with van der Waals surface area (Å²) in [7, 11) is 1.87. The highest BCUT2D eigenvalue weighted by Gasteiger charge is 2.27. The van der Waals surface area contributed by atoms with Crippen LogP contribution < -0.4 is 5.32 Å². The van der Waals surface area contributed by atoms with E-state index in [9.17, 15) is 9.90 Å². The monoisotopic (exact) mass is 338 g/mol. The van der Waals surface area contributed by atoms with Crippen LogP contribution in [0, 0.1) is 5.92 Å². The Morgan fingerprint density at radius 1 is 1.39 bits per heavy atom. The maximum Gasteiger partial charge on any atom is 0.317 e. The van der Waals surface area contributed by atoms with Gasteiger partial charge in [-0.2, -0.15) is 0 Å². The zero-order chi connectivity index (χ0) is 16.8.